The van der Waals surface area contributed by atoms with Crippen LogP contribution in [0.2, 0.25) is 0 Å². The Kier molecular flexibility index (Phi) is 16.4. The van der Waals surface area contributed by atoms with Gasteiger partial charge in [-0.1, -0.05) is 85.0 Å². The van der Waals surface area contributed by atoms with Gasteiger partial charge >= 0.3 is 10.4 Å². The molecule has 0 aliphatic carbocycles. The van der Waals surface area contributed by atoms with Crippen LogP contribution in [0.15, 0.2) is 0 Å². The molecule has 0 unspecified atom stereocenters. The third-order valence-corrected chi connectivity index (χ3v) is 4.90. The Bertz CT molecular complexity index is 369. The molecule has 6 heteroatoms. The first-order valence-electron chi connectivity index (χ1n) is 9.39. The van der Waals surface area contributed by atoms with Gasteiger partial charge in [-0.3, -0.25) is 4.55 Å². The highest BCUT2D eigenvalue weighted by molar-refractivity contribution is 7.80. The highest BCUT2D eigenvalue weighted by Crippen LogP contribution is 2.29. The molecule has 0 aromatic rings. The second-order valence-corrected chi connectivity index (χ2v) is 8.54. The fraction of sp³-hybridized carbons (Fsp3) is 1.00. The number of hydrogen-bond acceptors (Lipinski definition) is 4. The van der Waals surface area contributed by atoms with Gasteiger partial charge < -0.3 is 6.15 Å². The summed E-state index contributed by atoms with van der Waals surface area (Å²) in [6.45, 7) is 6.76. The molecule has 0 aromatic carbocycles. The Labute approximate surface area is 150 Å². The van der Waals surface area contributed by atoms with Crippen LogP contribution >= 0.6 is 0 Å². The van der Waals surface area contributed by atoms with Crippen molar-refractivity contribution in [2.75, 3.05) is 6.61 Å². The van der Waals surface area contributed by atoms with Gasteiger partial charge in [0.15, 0.2) is 0 Å². The zero-order chi connectivity index (χ0) is 17.6. The standard InChI is InChI=1S/C18H38O4S.H3N/c1-4-5-6-7-8-9-10-11-12-13-15-18(2,3)16-14-17-22-23(19,20)21;/h4-17H2,1-3H3,(H,19,20,21);1H3. The normalized spacial score (nSPS) is 12.2. The summed E-state index contributed by atoms with van der Waals surface area (Å²) in [5.41, 5.74) is 0.211. The van der Waals surface area contributed by atoms with Crippen molar-refractivity contribution in [3.63, 3.8) is 0 Å². The molecule has 0 rings (SSSR count). The molecule has 0 heterocycles. The highest BCUT2D eigenvalue weighted by Gasteiger charge is 2.17. The van der Waals surface area contributed by atoms with Gasteiger partial charge in [0.25, 0.3) is 0 Å². The Morgan fingerprint density at radius 3 is 1.67 bits per heavy atom. The Balaban J connectivity index is 0. The van der Waals surface area contributed by atoms with E-state index in [-0.39, 0.29) is 18.2 Å². The van der Waals surface area contributed by atoms with Crippen molar-refractivity contribution >= 4 is 10.4 Å². The van der Waals surface area contributed by atoms with Crippen molar-refractivity contribution < 1.29 is 17.2 Å². The average molecular weight is 368 g/mol. The third kappa shape index (κ3) is 19.9. The van der Waals surface area contributed by atoms with E-state index in [9.17, 15) is 8.42 Å². The highest BCUT2D eigenvalue weighted by atomic mass is 32.3. The SMILES string of the molecule is CCCCCCCCCCCCC(C)(C)CCCOS(=O)(=O)O.N. The summed E-state index contributed by atoms with van der Waals surface area (Å²) in [7, 11) is -4.28. The van der Waals surface area contributed by atoms with Gasteiger partial charge in [0.1, 0.15) is 0 Å². The van der Waals surface area contributed by atoms with Crippen molar-refractivity contribution in [1.29, 1.82) is 0 Å². The molecule has 0 aliphatic heterocycles. The summed E-state index contributed by atoms with van der Waals surface area (Å²) in [4.78, 5) is 0. The van der Waals surface area contributed by atoms with E-state index >= 15 is 0 Å². The lowest BCUT2D eigenvalue weighted by molar-refractivity contribution is 0.224. The van der Waals surface area contributed by atoms with Crippen LogP contribution < -0.4 is 6.15 Å². The molecule has 0 fully saturated rings. The molecule has 0 atom stereocenters. The monoisotopic (exact) mass is 367 g/mol. The summed E-state index contributed by atoms with van der Waals surface area (Å²) in [5.74, 6) is 0. The van der Waals surface area contributed by atoms with E-state index < -0.39 is 10.4 Å². The van der Waals surface area contributed by atoms with E-state index in [4.69, 9.17) is 4.55 Å². The van der Waals surface area contributed by atoms with E-state index in [0.29, 0.717) is 6.42 Å². The molecular formula is C18H41NO4S. The second kappa shape index (κ2) is 15.1. The van der Waals surface area contributed by atoms with E-state index in [2.05, 4.69) is 25.0 Å². The van der Waals surface area contributed by atoms with E-state index in [0.717, 1.165) is 12.8 Å². The molecule has 4 N–H and O–H groups in total. The molecule has 5 nitrogen and oxygen atoms in total. The summed E-state index contributed by atoms with van der Waals surface area (Å²) in [5, 5.41) is 0. The van der Waals surface area contributed by atoms with Crippen LogP contribution in [0, 0.1) is 5.41 Å². The zero-order valence-electron chi connectivity index (χ0n) is 16.2. The van der Waals surface area contributed by atoms with Gasteiger partial charge in [0, 0.05) is 0 Å². The number of hydrogen-bond donors (Lipinski definition) is 2. The maximum absolute atomic E-state index is 10.5. The first-order valence-corrected chi connectivity index (χ1v) is 10.8. The van der Waals surface area contributed by atoms with Crippen LogP contribution in [0.1, 0.15) is 104 Å². The molecule has 0 aliphatic rings. The van der Waals surface area contributed by atoms with Gasteiger partial charge in [-0.2, -0.15) is 8.42 Å². The van der Waals surface area contributed by atoms with Crippen molar-refractivity contribution in [3.8, 4) is 0 Å². The minimum atomic E-state index is -4.28. The lowest BCUT2D eigenvalue weighted by Crippen LogP contribution is -2.13. The summed E-state index contributed by atoms with van der Waals surface area (Å²) in [6.07, 6.45) is 16.2. The molecule has 0 saturated carbocycles. The topological polar surface area (TPSA) is 98.6 Å². The summed E-state index contributed by atoms with van der Waals surface area (Å²) in [6, 6.07) is 0. The minimum absolute atomic E-state index is 0. The van der Waals surface area contributed by atoms with Gasteiger partial charge in [-0.15, -0.1) is 0 Å². The molecule has 0 aromatic heterocycles. The van der Waals surface area contributed by atoms with E-state index in [1.807, 2.05) is 0 Å². The lowest BCUT2D eigenvalue weighted by atomic mass is 9.82. The van der Waals surface area contributed by atoms with Gasteiger partial charge in [0.2, 0.25) is 0 Å². The summed E-state index contributed by atoms with van der Waals surface area (Å²) < 4.78 is 33.8. The molecule has 0 saturated heterocycles. The van der Waals surface area contributed by atoms with Gasteiger partial charge in [0.05, 0.1) is 6.61 Å². The fourth-order valence-corrected chi connectivity index (χ4v) is 3.26. The first kappa shape index (κ1) is 26.1. The molecule has 24 heavy (non-hydrogen) atoms. The summed E-state index contributed by atoms with van der Waals surface area (Å²) >= 11 is 0. The maximum Gasteiger partial charge on any atom is 0.397 e. The number of unbranched alkanes of at least 4 members (excludes halogenated alkanes) is 9. The predicted molar refractivity (Wildman–Crippen MR) is 102 cm³/mol. The molecule has 0 amide bonds. The largest absolute Gasteiger partial charge is 0.397 e. The van der Waals surface area contributed by atoms with Crippen LogP contribution in [-0.2, 0) is 14.6 Å². The lowest BCUT2D eigenvalue weighted by Gasteiger charge is -2.24. The maximum atomic E-state index is 10.5. The molecule has 0 bridgehead atoms. The van der Waals surface area contributed by atoms with Crippen molar-refractivity contribution in [3.05, 3.63) is 0 Å². The fourth-order valence-electron chi connectivity index (χ4n) is 2.93. The van der Waals surface area contributed by atoms with Gasteiger partial charge in [-0.25, -0.2) is 4.18 Å². The van der Waals surface area contributed by atoms with Crippen molar-refractivity contribution in [2.45, 2.75) is 104 Å². The first-order chi connectivity index (χ1) is 10.8. The average Bonchev–Trinajstić information content (AvgIpc) is 2.45. The Morgan fingerprint density at radius 2 is 1.21 bits per heavy atom. The van der Waals surface area contributed by atoms with Crippen LogP contribution in [0.4, 0.5) is 0 Å². The van der Waals surface area contributed by atoms with Crippen LogP contribution in [-0.4, -0.2) is 19.6 Å². The Hall–Kier alpha value is -0.170. The van der Waals surface area contributed by atoms with Crippen LogP contribution in [0.3, 0.4) is 0 Å². The van der Waals surface area contributed by atoms with Crippen molar-refractivity contribution in [1.82, 2.24) is 6.15 Å². The van der Waals surface area contributed by atoms with Gasteiger partial charge in [-0.05, 0) is 24.7 Å². The zero-order valence-corrected chi connectivity index (χ0v) is 17.0. The predicted octanol–water partition coefficient (Wildman–Crippen LogP) is 6.09. The molecule has 0 spiro atoms. The second-order valence-electron chi connectivity index (χ2n) is 7.45. The molecular weight excluding hydrogens is 326 g/mol. The number of rotatable bonds is 16. The minimum Gasteiger partial charge on any atom is -0.344 e. The molecule has 0 radical (unpaired) electrons. The van der Waals surface area contributed by atoms with E-state index in [1.54, 1.807) is 0 Å². The molecule has 148 valence electrons. The Morgan fingerprint density at radius 1 is 0.792 bits per heavy atom. The smallest absolute Gasteiger partial charge is 0.344 e. The van der Waals surface area contributed by atoms with Crippen molar-refractivity contribution in [2.24, 2.45) is 5.41 Å². The van der Waals surface area contributed by atoms with E-state index in [1.165, 1.54) is 64.2 Å². The quantitative estimate of drug-likeness (QED) is 0.254. The third-order valence-electron chi connectivity index (χ3n) is 4.44. The van der Waals surface area contributed by atoms with Crippen LogP contribution in [0.25, 0.3) is 0 Å². The van der Waals surface area contributed by atoms with Crippen LogP contribution in [0.5, 0.6) is 0 Å².